The van der Waals surface area contributed by atoms with Crippen molar-refractivity contribution in [2.45, 2.75) is 39.7 Å². The highest BCUT2D eigenvalue weighted by Crippen LogP contribution is 2.33. The summed E-state index contributed by atoms with van der Waals surface area (Å²) in [6.07, 6.45) is 1.89. The molecule has 0 bridgehead atoms. The van der Waals surface area contributed by atoms with Crippen molar-refractivity contribution in [2.24, 2.45) is 4.99 Å². The van der Waals surface area contributed by atoms with E-state index >= 15 is 0 Å². The van der Waals surface area contributed by atoms with Crippen molar-refractivity contribution in [3.63, 3.8) is 0 Å². The zero-order chi connectivity index (χ0) is 22.1. The maximum Gasteiger partial charge on any atom is 0.338 e. The average Bonchev–Trinajstić information content (AvgIpc) is 3.36. The fraction of sp³-hybridized carbons (Fsp3) is 0.292. The van der Waals surface area contributed by atoms with Crippen LogP contribution in [0.1, 0.15) is 55.7 Å². The summed E-state index contributed by atoms with van der Waals surface area (Å²) in [5.41, 5.74) is 3.08. The lowest BCUT2D eigenvalue weighted by molar-refractivity contribution is -0.139. The number of benzene rings is 1. The van der Waals surface area contributed by atoms with Gasteiger partial charge < -0.3 is 4.74 Å². The fourth-order valence-electron chi connectivity index (χ4n) is 3.64. The summed E-state index contributed by atoms with van der Waals surface area (Å²) in [7, 11) is 0. The van der Waals surface area contributed by atoms with Crippen LogP contribution in [0, 0.1) is 0 Å². The van der Waals surface area contributed by atoms with Gasteiger partial charge in [-0.05, 0) is 48.4 Å². The van der Waals surface area contributed by atoms with E-state index in [-0.39, 0.29) is 12.2 Å². The molecule has 0 amide bonds. The number of rotatable bonds is 5. The lowest BCUT2D eigenvalue weighted by Gasteiger charge is -2.23. The zero-order valence-corrected chi connectivity index (χ0v) is 19.5. The average molecular weight is 453 g/mol. The second-order valence-electron chi connectivity index (χ2n) is 7.64. The summed E-state index contributed by atoms with van der Waals surface area (Å²) in [5.74, 6) is 0.0233. The number of carbonyl (C=O) groups is 1. The molecule has 1 atom stereocenters. The Labute approximate surface area is 188 Å². The third kappa shape index (κ3) is 4.07. The molecule has 31 heavy (non-hydrogen) atoms. The maximum absolute atomic E-state index is 13.4. The Hall–Kier alpha value is -2.77. The Balaban J connectivity index is 1.87. The standard InChI is InChI=1S/C24H24N2O3S2/c1-5-29-23(28)20-15(4)25-24-26(21(20)18-7-6-12-30-18)22(27)19(31-24)13-16-8-10-17(11-9-16)14(2)3/h6-14,21H,5H2,1-4H3/b19-13-/t21-/m0/s1. The van der Waals surface area contributed by atoms with E-state index in [1.807, 2.05) is 35.7 Å². The highest BCUT2D eigenvalue weighted by Gasteiger charge is 2.33. The highest BCUT2D eigenvalue weighted by atomic mass is 32.1. The molecule has 4 rings (SSSR count). The van der Waals surface area contributed by atoms with Crippen molar-refractivity contribution in [1.82, 2.24) is 4.57 Å². The molecular formula is C24H24N2O3S2. The van der Waals surface area contributed by atoms with Crippen LogP contribution in [0.2, 0.25) is 0 Å². The molecule has 1 aromatic carbocycles. The molecule has 0 N–H and O–H groups in total. The first-order valence-electron chi connectivity index (χ1n) is 10.2. The Bertz CT molecular complexity index is 1310. The van der Waals surface area contributed by atoms with Gasteiger partial charge in [0.2, 0.25) is 0 Å². The van der Waals surface area contributed by atoms with E-state index in [0.717, 1.165) is 10.4 Å². The molecular weight excluding hydrogens is 428 g/mol. The van der Waals surface area contributed by atoms with Crippen LogP contribution in [0.4, 0.5) is 0 Å². The van der Waals surface area contributed by atoms with Gasteiger partial charge in [0.05, 0.1) is 22.4 Å². The molecule has 0 aliphatic carbocycles. The molecule has 0 saturated heterocycles. The van der Waals surface area contributed by atoms with Crippen LogP contribution in [-0.4, -0.2) is 17.1 Å². The molecule has 0 spiro atoms. The molecule has 0 fully saturated rings. The number of ether oxygens (including phenoxy) is 1. The molecule has 0 saturated carbocycles. The van der Waals surface area contributed by atoms with Gasteiger partial charge in [0.25, 0.3) is 5.56 Å². The molecule has 2 aromatic heterocycles. The number of thiophene rings is 1. The molecule has 1 aliphatic heterocycles. The van der Waals surface area contributed by atoms with Crippen LogP contribution in [0.5, 0.6) is 0 Å². The topological polar surface area (TPSA) is 60.7 Å². The minimum absolute atomic E-state index is 0.149. The Kier molecular flexibility index (Phi) is 6.07. The predicted molar refractivity (Wildman–Crippen MR) is 125 cm³/mol. The van der Waals surface area contributed by atoms with Gasteiger partial charge in [-0.15, -0.1) is 11.3 Å². The smallest absolute Gasteiger partial charge is 0.338 e. The first-order valence-corrected chi connectivity index (χ1v) is 11.9. The van der Waals surface area contributed by atoms with Crippen LogP contribution in [0.3, 0.4) is 0 Å². The maximum atomic E-state index is 13.4. The molecule has 3 heterocycles. The minimum atomic E-state index is -0.527. The number of nitrogens with zero attached hydrogens (tertiary/aromatic N) is 2. The Morgan fingerprint density at radius 2 is 2.00 bits per heavy atom. The summed E-state index contributed by atoms with van der Waals surface area (Å²) >= 11 is 2.86. The third-order valence-corrected chi connectivity index (χ3v) is 7.14. The van der Waals surface area contributed by atoms with E-state index in [0.29, 0.717) is 26.5 Å². The van der Waals surface area contributed by atoms with E-state index in [2.05, 4.69) is 31.0 Å². The monoisotopic (exact) mass is 452 g/mol. The summed E-state index contributed by atoms with van der Waals surface area (Å²) in [5, 5.41) is 1.94. The summed E-state index contributed by atoms with van der Waals surface area (Å²) < 4.78 is 7.52. The van der Waals surface area contributed by atoms with Gasteiger partial charge in [-0.25, -0.2) is 9.79 Å². The van der Waals surface area contributed by atoms with E-state index in [9.17, 15) is 9.59 Å². The third-order valence-electron chi connectivity index (χ3n) is 5.23. The number of hydrogen-bond donors (Lipinski definition) is 0. The number of fused-ring (bicyclic) bond motifs is 1. The predicted octanol–water partition coefficient (Wildman–Crippen LogP) is 3.98. The molecule has 7 heteroatoms. The minimum Gasteiger partial charge on any atom is -0.463 e. The number of hydrogen-bond acceptors (Lipinski definition) is 6. The van der Waals surface area contributed by atoms with Crippen molar-refractivity contribution >= 4 is 34.7 Å². The van der Waals surface area contributed by atoms with Gasteiger partial charge in [0, 0.05) is 4.88 Å². The van der Waals surface area contributed by atoms with Crippen molar-refractivity contribution in [3.8, 4) is 0 Å². The molecule has 160 valence electrons. The SMILES string of the molecule is CCOC(=O)C1=C(C)N=c2s/c(=C\c3ccc(C(C)C)cc3)c(=O)n2[C@H]1c1cccs1. The van der Waals surface area contributed by atoms with Crippen molar-refractivity contribution < 1.29 is 9.53 Å². The van der Waals surface area contributed by atoms with Crippen LogP contribution in [-0.2, 0) is 9.53 Å². The number of carbonyl (C=O) groups excluding carboxylic acids is 1. The zero-order valence-electron chi connectivity index (χ0n) is 17.9. The van der Waals surface area contributed by atoms with E-state index in [1.165, 1.54) is 28.2 Å². The van der Waals surface area contributed by atoms with Crippen molar-refractivity contribution in [3.05, 3.63) is 88.7 Å². The first kappa shape index (κ1) is 21.5. The molecule has 3 aromatic rings. The van der Waals surface area contributed by atoms with Gasteiger partial charge in [-0.1, -0.05) is 55.5 Å². The Morgan fingerprint density at radius 1 is 1.26 bits per heavy atom. The largest absolute Gasteiger partial charge is 0.463 e. The molecule has 1 aliphatic rings. The second-order valence-corrected chi connectivity index (χ2v) is 9.63. The number of allylic oxidation sites excluding steroid dienone is 1. The molecule has 5 nitrogen and oxygen atoms in total. The van der Waals surface area contributed by atoms with E-state index < -0.39 is 12.0 Å². The van der Waals surface area contributed by atoms with Gasteiger partial charge in [-0.2, -0.15) is 0 Å². The lowest BCUT2D eigenvalue weighted by Crippen LogP contribution is -2.39. The van der Waals surface area contributed by atoms with Gasteiger partial charge >= 0.3 is 5.97 Å². The van der Waals surface area contributed by atoms with Gasteiger partial charge in [0.1, 0.15) is 6.04 Å². The highest BCUT2D eigenvalue weighted by molar-refractivity contribution is 7.10. The number of esters is 1. The van der Waals surface area contributed by atoms with Crippen LogP contribution >= 0.6 is 22.7 Å². The lowest BCUT2D eigenvalue weighted by atomic mass is 10.0. The summed E-state index contributed by atoms with van der Waals surface area (Å²) in [6, 6.07) is 11.6. The van der Waals surface area contributed by atoms with Gasteiger partial charge in [-0.3, -0.25) is 9.36 Å². The van der Waals surface area contributed by atoms with Crippen LogP contribution < -0.4 is 14.9 Å². The first-order chi connectivity index (χ1) is 14.9. The normalized spacial score (nSPS) is 16.4. The van der Waals surface area contributed by atoms with Crippen molar-refractivity contribution in [1.29, 1.82) is 0 Å². The summed E-state index contributed by atoms with van der Waals surface area (Å²) in [4.78, 5) is 32.3. The van der Waals surface area contributed by atoms with Gasteiger partial charge in [0.15, 0.2) is 4.80 Å². The number of thiazole rings is 1. The quantitative estimate of drug-likeness (QED) is 0.550. The summed E-state index contributed by atoms with van der Waals surface area (Å²) in [6.45, 7) is 8.15. The Morgan fingerprint density at radius 3 is 2.61 bits per heavy atom. The van der Waals surface area contributed by atoms with E-state index in [1.54, 1.807) is 18.4 Å². The van der Waals surface area contributed by atoms with Crippen LogP contribution in [0.15, 0.2) is 62.8 Å². The number of aromatic nitrogens is 1. The molecule has 0 radical (unpaired) electrons. The van der Waals surface area contributed by atoms with E-state index in [4.69, 9.17) is 4.74 Å². The second kappa shape index (κ2) is 8.77. The van der Waals surface area contributed by atoms with Crippen molar-refractivity contribution in [2.75, 3.05) is 6.61 Å². The van der Waals surface area contributed by atoms with Crippen LogP contribution in [0.25, 0.3) is 6.08 Å². The molecule has 0 unspecified atom stereocenters. The fourth-order valence-corrected chi connectivity index (χ4v) is 5.51.